The molecule has 0 bridgehead atoms. The summed E-state index contributed by atoms with van der Waals surface area (Å²) in [5.41, 5.74) is 3.77. The number of nitrogens with zero attached hydrogens (tertiary/aromatic N) is 1. The van der Waals surface area contributed by atoms with Crippen LogP contribution in [0, 0.1) is 6.92 Å². The van der Waals surface area contributed by atoms with Gasteiger partial charge in [0.1, 0.15) is 17.2 Å². The van der Waals surface area contributed by atoms with Crippen LogP contribution in [0.4, 0.5) is 0 Å². The first-order valence-electron chi connectivity index (χ1n) is 10.7. The number of ether oxygens (including phenoxy) is 3. The van der Waals surface area contributed by atoms with Gasteiger partial charge in [-0.15, -0.1) is 11.3 Å². The smallest absolute Gasteiger partial charge is 0.358 e. The molecular formula is C26H25NO6S. The Bertz CT molecular complexity index is 1420. The number of thiazole rings is 1. The van der Waals surface area contributed by atoms with Gasteiger partial charge in [0.05, 0.1) is 14.2 Å². The van der Waals surface area contributed by atoms with Crippen LogP contribution in [0.5, 0.6) is 11.5 Å². The zero-order valence-corrected chi connectivity index (χ0v) is 20.4. The second-order valence-corrected chi connectivity index (χ2v) is 8.99. The molecule has 2 aromatic carbocycles. The maximum Gasteiger partial charge on any atom is 0.358 e. The average molecular weight is 480 g/mol. The van der Waals surface area contributed by atoms with Crippen molar-refractivity contribution in [2.45, 2.75) is 33.3 Å². The number of carbonyl (C=O) groups excluding carboxylic acids is 1. The lowest BCUT2D eigenvalue weighted by molar-refractivity contribution is 0.0468. The Kier molecular flexibility index (Phi) is 6.70. The van der Waals surface area contributed by atoms with Crippen LogP contribution in [0.2, 0.25) is 0 Å². The summed E-state index contributed by atoms with van der Waals surface area (Å²) in [6.45, 7) is 6.13. The number of benzene rings is 2. The van der Waals surface area contributed by atoms with Gasteiger partial charge in [-0.3, -0.25) is 0 Å². The van der Waals surface area contributed by atoms with Gasteiger partial charge in [0.15, 0.2) is 17.2 Å². The number of carbonyl (C=O) groups is 1. The van der Waals surface area contributed by atoms with Crippen molar-refractivity contribution in [2.24, 2.45) is 0 Å². The number of esters is 1. The topological polar surface area (TPSA) is 87.9 Å². The molecule has 176 valence electrons. The SMILES string of the molecule is COc1ccc(-c2nc(C(=O)OCc3cc(=O)oc4cc(C)c(C(C)C)cc34)cs2)cc1OC. The van der Waals surface area contributed by atoms with Gasteiger partial charge in [-0.25, -0.2) is 14.6 Å². The molecule has 2 heterocycles. The van der Waals surface area contributed by atoms with Gasteiger partial charge in [-0.05, 0) is 54.3 Å². The van der Waals surface area contributed by atoms with Crippen LogP contribution < -0.4 is 15.1 Å². The summed E-state index contributed by atoms with van der Waals surface area (Å²) in [4.78, 5) is 29.2. The number of aryl methyl sites for hydroxylation is 1. The van der Waals surface area contributed by atoms with Crippen molar-refractivity contribution in [2.75, 3.05) is 14.2 Å². The number of aromatic nitrogens is 1. The molecule has 4 rings (SSSR count). The van der Waals surface area contributed by atoms with Gasteiger partial charge >= 0.3 is 11.6 Å². The monoisotopic (exact) mass is 479 g/mol. The van der Waals surface area contributed by atoms with Crippen LogP contribution in [0.15, 0.2) is 51.0 Å². The standard InChI is InChI=1S/C26H25NO6S/c1-14(2)18-11-19-17(10-24(28)33-22(19)8-15(18)3)12-32-26(29)20-13-34-25(27-20)16-6-7-21(30-4)23(9-16)31-5/h6-11,13-14H,12H2,1-5H3. The molecule has 0 aliphatic rings. The van der Waals surface area contributed by atoms with Gasteiger partial charge in [-0.2, -0.15) is 0 Å². The van der Waals surface area contributed by atoms with Crippen molar-refractivity contribution in [3.8, 4) is 22.1 Å². The zero-order chi connectivity index (χ0) is 24.4. The molecule has 0 unspecified atom stereocenters. The fourth-order valence-electron chi connectivity index (χ4n) is 3.82. The van der Waals surface area contributed by atoms with Crippen LogP contribution in [0.25, 0.3) is 21.5 Å². The molecule has 0 spiro atoms. The van der Waals surface area contributed by atoms with Crippen molar-refractivity contribution in [3.05, 3.63) is 74.6 Å². The Hall–Kier alpha value is -3.65. The molecule has 34 heavy (non-hydrogen) atoms. The van der Waals surface area contributed by atoms with Crippen molar-refractivity contribution < 1.29 is 23.4 Å². The second kappa shape index (κ2) is 9.69. The molecular weight excluding hydrogens is 454 g/mol. The summed E-state index contributed by atoms with van der Waals surface area (Å²) in [7, 11) is 3.13. The van der Waals surface area contributed by atoms with Crippen LogP contribution in [-0.4, -0.2) is 25.2 Å². The lowest BCUT2D eigenvalue weighted by atomic mass is 9.95. The van der Waals surface area contributed by atoms with E-state index in [9.17, 15) is 9.59 Å². The number of fused-ring (bicyclic) bond motifs is 1. The first kappa shape index (κ1) is 23.5. The quantitative estimate of drug-likeness (QED) is 0.247. The molecule has 2 aromatic heterocycles. The van der Waals surface area contributed by atoms with Gasteiger partial charge in [-0.1, -0.05) is 13.8 Å². The van der Waals surface area contributed by atoms with E-state index in [2.05, 4.69) is 18.8 Å². The normalized spacial score (nSPS) is 11.1. The summed E-state index contributed by atoms with van der Waals surface area (Å²) >= 11 is 1.32. The van der Waals surface area contributed by atoms with Crippen LogP contribution in [-0.2, 0) is 11.3 Å². The highest BCUT2D eigenvalue weighted by Gasteiger charge is 2.17. The number of hydrogen-bond acceptors (Lipinski definition) is 8. The van der Waals surface area contributed by atoms with Crippen molar-refractivity contribution in [3.63, 3.8) is 0 Å². The molecule has 0 radical (unpaired) electrons. The summed E-state index contributed by atoms with van der Waals surface area (Å²) in [6.07, 6.45) is 0. The third-order valence-corrected chi connectivity index (χ3v) is 6.43. The Morgan fingerprint density at radius 1 is 1.09 bits per heavy atom. The van der Waals surface area contributed by atoms with Crippen molar-refractivity contribution >= 4 is 28.3 Å². The molecule has 0 fully saturated rings. The van der Waals surface area contributed by atoms with E-state index in [1.165, 1.54) is 17.4 Å². The van der Waals surface area contributed by atoms with Gasteiger partial charge < -0.3 is 18.6 Å². The average Bonchev–Trinajstić information content (AvgIpc) is 3.31. The molecule has 0 amide bonds. The lowest BCUT2D eigenvalue weighted by Gasteiger charge is -2.13. The highest BCUT2D eigenvalue weighted by Crippen LogP contribution is 2.34. The highest BCUT2D eigenvalue weighted by atomic mass is 32.1. The van der Waals surface area contributed by atoms with E-state index in [1.54, 1.807) is 31.7 Å². The van der Waals surface area contributed by atoms with Crippen LogP contribution in [0.3, 0.4) is 0 Å². The lowest BCUT2D eigenvalue weighted by Crippen LogP contribution is -2.09. The molecule has 4 aromatic rings. The Balaban J connectivity index is 1.56. The van der Waals surface area contributed by atoms with Crippen molar-refractivity contribution in [1.29, 1.82) is 0 Å². The first-order valence-corrected chi connectivity index (χ1v) is 11.6. The van der Waals surface area contributed by atoms with E-state index >= 15 is 0 Å². The predicted octanol–water partition coefficient (Wildman–Crippen LogP) is 5.72. The van der Waals surface area contributed by atoms with Crippen molar-refractivity contribution in [1.82, 2.24) is 4.98 Å². The summed E-state index contributed by atoms with van der Waals surface area (Å²) in [6, 6.07) is 10.7. The maximum atomic E-state index is 12.7. The number of hydrogen-bond donors (Lipinski definition) is 0. The minimum Gasteiger partial charge on any atom is -0.493 e. The van der Waals surface area contributed by atoms with Crippen LogP contribution >= 0.6 is 11.3 Å². The maximum absolute atomic E-state index is 12.7. The van der Waals surface area contributed by atoms with E-state index in [1.807, 2.05) is 25.1 Å². The van der Waals surface area contributed by atoms with E-state index in [0.29, 0.717) is 33.6 Å². The molecule has 0 saturated carbocycles. The molecule has 0 aliphatic heterocycles. The number of rotatable bonds is 7. The molecule has 8 heteroatoms. The molecule has 0 saturated heterocycles. The van der Waals surface area contributed by atoms with Crippen LogP contribution in [0.1, 0.15) is 46.9 Å². The highest BCUT2D eigenvalue weighted by molar-refractivity contribution is 7.13. The largest absolute Gasteiger partial charge is 0.493 e. The molecule has 0 atom stereocenters. The van der Waals surface area contributed by atoms with E-state index in [4.69, 9.17) is 18.6 Å². The summed E-state index contributed by atoms with van der Waals surface area (Å²) in [5, 5.41) is 3.05. The fraction of sp³-hybridized carbons (Fsp3) is 0.269. The molecule has 0 aliphatic carbocycles. The van der Waals surface area contributed by atoms with Gasteiger partial charge in [0, 0.05) is 28.0 Å². The third kappa shape index (κ3) is 4.68. The molecule has 7 nitrogen and oxygen atoms in total. The Labute approximate surface area is 200 Å². The van der Waals surface area contributed by atoms with E-state index < -0.39 is 11.6 Å². The van der Waals surface area contributed by atoms with Gasteiger partial charge in [0.25, 0.3) is 0 Å². The number of methoxy groups -OCH3 is 2. The van der Waals surface area contributed by atoms with E-state index in [0.717, 1.165) is 22.1 Å². The van der Waals surface area contributed by atoms with Gasteiger partial charge in [0.2, 0.25) is 0 Å². The fourth-order valence-corrected chi connectivity index (χ4v) is 4.61. The minimum atomic E-state index is -0.569. The Morgan fingerprint density at radius 2 is 1.85 bits per heavy atom. The molecule has 0 N–H and O–H groups in total. The predicted molar refractivity (Wildman–Crippen MR) is 131 cm³/mol. The second-order valence-electron chi connectivity index (χ2n) is 8.13. The van der Waals surface area contributed by atoms with E-state index in [-0.39, 0.29) is 12.3 Å². The summed E-state index contributed by atoms with van der Waals surface area (Å²) < 4.78 is 21.5. The minimum absolute atomic E-state index is 0.0647. The first-order chi connectivity index (χ1) is 16.3. The Morgan fingerprint density at radius 3 is 2.56 bits per heavy atom. The zero-order valence-electron chi connectivity index (χ0n) is 19.6. The third-order valence-electron chi connectivity index (χ3n) is 5.54. The summed E-state index contributed by atoms with van der Waals surface area (Å²) in [5.74, 6) is 0.917.